The van der Waals surface area contributed by atoms with E-state index in [1.54, 1.807) is 6.07 Å². The largest absolute Gasteiger partial charge is 0.665 e. The summed E-state index contributed by atoms with van der Waals surface area (Å²) < 4.78 is 29.7. The van der Waals surface area contributed by atoms with Crippen LogP contribution in [-0.2, 0) is 199 Å². The van der Waals surface area contributed by atoms with Crippen molar-refractivity contribution < 1.29 is 197 Å². The van der Waals surface area contributed by atoms with E-state index in [1.807, 2.05) is 141 Å². The van der Waals surface area contributed by atoms with Crippen LogP contribution >= 0.6 is 0 Å². The van der Waals surface area contributed by atoms with Crippen LogP contribution in [0.4, 0.5) is 0 Å². The molecule has 1 aliphatic carbocycles. The maximum Gasteiger partial charge on any atom is 0.122 e. The van der Waals surface area contributed by atoms with Gasteiger partial charge < -0.3 is 35.3 Å². The summed E-state index contributed by atoms with van der Waals surface area (Å²) in [5.74, 6) is 4.82. The average molecular weight is 2580 g/mol. The van der Waals surface area contributed by atoms with E-state index in [0.29, 0.717) is 12.7 Å². The number of hydrogen-bond acceptors (Lipinski definition) is 6. The van der Waals surface area contributed by atoms with Gasteiger partial charge in [0.05, 0.1) is 29.6 Å². The molecule has 0 N–H and O–H groups in total. The summed E-state index contributed by atoms with van der Waals surface area (Å²) in [5, 5.41) is 0. The molecule has 0 aliphatic heterocycles. The topological polar surface area (TPSA) is 55.4 Å². The first-order valence-corrected chi connectivity index (χ1v) is 28.9. The fourth-order valence-electron chi connectivity index (χ4n) is 8.26. The fraction of sp³-hybridized carbons (Fsp3) is 0.329. The van der Waals surface area contributed by atoms with Crippen molar-refractivity contribution in [2.45, 2.75) is 152 Å². The summed E-state index contributed by atoms with van der Waals surface area (Å²) in [4.78, 5) is 0. The quantitative estimate of drug-likeness (QED) is 0.0669. The number of ether oxygens (including phenoxy) is 6. The van der Waals surface area contributed by atoms with Crippen molar-refractivity contribution in [2.24, 2.45) is 5.92 Å². The minimum atomic E-state index is 0. The second kappa shape index (κ2) is 73.4. The number of para-hydroxylation sites is 1. The number of rotatable bonds is 17. The molecule has 2 atom stereocenters. The van der Waals surface area contributed by atoms with Gasteiger partial charge in [-0.05, 0) is 129 Å². The van der Waals surface area contributed by atoms with E-state index in [0.717, 1.165) is 77.9 Å². The molecule has 14 heteroatoms. The Hall–Kier alpha value is -1.38. The zero-order valence-corrected chi connectivity index (χ0v) is 77.5. The standard InChI is InChI=1S/C14H13.C10H11O.C9H11O2.C9H11O.C9H17O.C9H11O.C9H11.C6H13.CH4.8W/c1-12-7-5-6-10-14(12)11-13-8-3-2-4-9-13;1-3-5-9-6-4-7-10(8-9)11-2;1-3-11-9-6-4-5-8(7-9)10-2;1-3-8-5-4-6-9(7-8)10-2;2*1-3-8-6-4-5-7-9(8)10-2;1-3-9-7-5-4-6-8(9)2;1-3-5-6-4-2;;;;;;;;;/h2-8,10H,11H2,1H3;3-8H,2H2,1H3;4-7H,2-3H2,1H3;4-7H,2-3H2,1H3;8-9H,2-7H2,1H3;4-7H,2-3H2,1H3;4-7H,2-3H2,1H3;1,3-6H2,2H3;1H4;;;;;;;;/q8*-1;;;;;;;;;/b;5-3+;;;;;;;;;;;;;;;. The van der Waals surface area contributed by atoms with Gasteiger partial charge in [0.15, 0.2) is 0 Å². The SMILES string of the molecule is C.Cc1ccccc1Cc1[c-]cccc1.[CH2-]CCCCC.[CH2-]OC1CCCCC1CC.[CH2-]Oc1cccc(/C=C/C)c1.[CH2-]Oc1cccc(CC)c1.[CH2-]Oc1cccc(OCC)c1.[CH2-]Oc1ccccc1CC.[CH2-]c1ccccc1CC.[W].[W].[W].[W].[W].[W].[W].[W]. The molecular formula is C76H102O6W8-8. The predicted molar refractivity (Wildman–Crippen MR) is 353 cm³/mol. The Morgan fingerprint density at radius 1 is 0.522 bits per heavy atom. The molecule has 0 radical (unpaired) electrons. The van der Waals surface area contributed by atoms with E-state index in [1.165, 1.54) is 84.7 Å². The Kier molecular flexibility index (Phi) is 87.6. The summed E-state index contributed by atoms with van der Waals surface area (Å²) in [6.07, 6.45) is 20.2. The van der Waals surface area contributed by atoms with E-state index < -0.39 is 0 Å². The van der Waals surface area contributed by atoms with Crippen LogP contribution in [-0.4, -0.2) is 12.7 Å². The number of aryl methyl sites for hydroxylation is 4. The third kappa shape index (κ3) is 51.0. The van der Waals surface area contributed by atoms with Crippen LogP contribution in [0.15, 0.2) is 176 Å². The van der Waals surface area contributed by atoms with Crippen LogP contribution in [0.3, 0.4) is 0 Å². The number of allylic oxidation sites excluding steroid dienone is 1. The fourth-order valence-corrected chi connectivity index (χ4v) is 8.26. The number of hydrogen-bond donors (Lipinski definition) is 0. The maximum atomic E-state index is 5.24. The normalized spacial score (nSPS) is 11.4. The summed E-state index contributed by atoms with van der Waals surface area (Å²) >= 11 is 0. The molecule has 0 heterocycles. The Balaban J connectivity index is -0.000000118. The molecular weight excluding hydrogens is 2480 g/mol. The Morgan fingerprint density at radius 3 is 1.50 bits per heavy atom. The zero-order chi connectivity index (χ0) is 59.7. The van der Waals surface area contributed by atoms with Gasteiger partial charge >= 0.3 is 0 Å². The second-order valence-corrected chi connectivity index (χ2v) is 18.9. The Morgan fingerprint density at radius 2 is 1.04 bits per heavy atom. The van der Waals surface area contributed by atoms with E-state index in [9.17, 15) is 0 Å². The molecule has 1 fully saturated rings. The molecule has 1 aliphatic rings. The van der Waals surface area contributed by atoms with Gasteiger partial charge in [0.2, 0.25) is 0 Å². The third-order valence-electron chi connectivity index (χ3n) is 13.0. The van der Waals surface area contributed by atoms with Crippen molar-refractivity contribution >= 4 is 6.08 Å². The van der Waals surface area contributed by atoms with Crippen molar-refractivity contribution in [3.8, 4) is 28.7 Å². The van der Waals surface area contributed by atoms with Crippen LogP contribution in [0, 0.1) is 68.3 Å². The zero-order valence-electron chi connectivity index (χ0n) is 54.0. The third-order valence-corrected chi connectivity index (χ3v) is 13.0. The molecule has 0 amide bonds. The van der Waals surface area contributed by atoms with Crippen LogP contribution in [0.25, 0.3) is 6.08 Å². The molecule has 0 aromatic heterocycles. The van der Waals surface area contributed by atoms with Crippen molar-refractivity contribution in [3.05, 3.63) is 276 Å². The van der Waals surface area contributed by atoms with Crippen LogP contribution in [0.5, 0.6) is 28.7 Å². The first-order chi connectivity index (χ1) is 39.5. The number of benzene rings is 7. The minimum absolute atomic E-state index is 0. The molecule has 2 unspecified atom stereocenters. The van der Waals surface area contributed by atoms with Gasteiger partial charge in [0.1, 0.15) is 5.75 Å². The minimum Gasteiger partial charge on any atom is -0.665 e. The van der Waals surface area contributed by atoms with Gasteiger partial charge in [0.25, 0.3) is 0 Å². The monoisotopic (exact) mass is 2580 g/mol. The maximum absolute atomic E-state index is 5.24. The second-order valence-electron chi connectivity index (χ2n) is 18.9. The number of unbranched alkanes of at least 4 members (excludes halogenated alkanes) is 3. The van der Waals surface area contributed by atoms with Crippen molar-refractivity contribution in [3.63, 3.8) is 0 Å². The molecule has 0 bridgehead atoms. The Bertz CT molecular complexity index is 2580. The summed E-state index contributed by atoms with van der Waals surface area (Å²) in [6, 6.07) is 59.1. The van der Waals surface area contributed by atoms with Gasteiger partial charge in [-0.15, -0.1) is 17.7 Å². The molecule has 6 nitrogen and oxygen atoms in total. The van der Waals surface area contributed by atoms with E-state index >= 15 is 0 Å². The molecule has 498 valence electrons. The molecule has 7 aromatic rings. The van der Waals surface area contributed by atoms with Crippen molar-refractivity contribution in [1.82, 2.24) is 0 Å². The first-order valence-electron chi connectivity index (χ1n) is 28.9. The van der Waals surface area contributed by atoms with Gasteiger partial charge in [-0.3, -0.25) is 0 Å². The molecule has 90 heavy (non-hydrogen) atoms. The molecule has 7 aromatic carbocycles. The Labute approximate surface area is 664 Å². The van der Waals surface area contributed by atoms with Gasteiger partial charge in [0, 0.05) is 181 Å². The van der Waals surface area contributed by atoms with E-state index in [2.05, 4.69) is 146 Å². The first kappa shape index (κ1) is 107. The van der Waals surface area contributed by atoms with Gasteiger partial charge in [-0.25, -0.2) is 7.11 Å². The van der Waals surface area contributed by atoms with Gasteiger partial charge in [-0.2, -0.15) is 89.3 Å². The summed E-state index contributed by atoms with van der Waals surface area (Å²) in [5.41, 5.74) is 10.1. The summed E-state index contributed by atoms with van der Waals surface area (Å²) in [6.45, 7) is 25.2. The molecule has 0 spiro atoms. The van der Waals surface area contributed by atoms with Crippen LogP contribution in [0.2, 0.25) is 0 Å². The van der Waals surface area contributed by atoms with E-state index in [-0.39, 0.29) is 176 Å². The van der Waals surface area contributed by atoms with Crippen LogP contribution < -0.4 is 23.7 Å². The average Bonchev–Trinajstić information content (AvgIpc) is 3.55. The van der Waals surface area contributed by atoms with Crippen molar-refractivity contribution in [2.75, 3.05) is 6.61 Å². The van der Waals surface area contributed by atoms with Crippen LogP contribution in [0.1, 0.15) is 158 Å². The summed E-state index contributed by atoms with van der Waals surface area (Å²) in [7, 11) is 16.8. The molecule has 0 saturated heterocycles. The molecule has 1 saturated carbocycles. The smallest absolute Gasteiger partial charge is 0.122 e. The van der Waals surface area contributed by atoms with E-state index in [4.69, 9.17) is 28.4 Å². The molecule has 8 rings (SSSR count). The van der Waals surface area contributed by atoms with Gasteiger partial charge in [-0.1, -0.05) is 178 Å². The van der Waals surface area contributed by atoms with Crippen molar-refractivity contribution in [1.29, 1.82) is 0 Å². The predicted octanol–water partition coefficient (Wildman–Crippen LogP) is 21.6.